The highest BCUT2D eigenvalue weighted by Crippen LogP contribution is 2.67. The fourth-order valence-electron chi connectivity index (χ4n) is 3.21. The molecular formula is C11H19O+. The summed E-state index contributed by atoms with van der Waals surface area (Å²) in [4.78, 5) is 9.44. The Morgan fingerprint density at radius 1 is 1.42 bits per heavy atom. The van der Waals surface area contributed by atoms with Crippen molar-refractivity contribution in [3.8, 4) is 0 Å². The summed E-state index contributed by atoms with van der Waals surface area (Å²) >= 11 is 0. The molecule has 4 unspecified atom stereocenters. The van der Waals surface area contributed by atoms with Gasteiger partial charge in [-0.1, -0.05) is 13.8 Å². The van der Waals surface area contributed by atoms with Crippen LogP contribution in [0.2, 0.25) is 0 Å². The zero-order valence-electron chi connectivity index (χ0n) is 8.30. The minimum Gasteiger partial charge on any atom is -0.284 e. The number of hydrogen-bond acceptors (Lipinski definition) is 0. The molecule has 1 N–H and O–H groups in total. The van der Waals surface area contributed by atoms with Gasteiger partial charge in [0.2, 0.25) is 0 Å². The van der Waals surface area contributed by atoms with Crippen LogP contribution in [0.3, 0.4) is 0 Å². The predicted molar refractivity (Wildman–Crippen MR) is 50.7 cm³/mol. The molecule has 2 aliphatic rings. The topological polar surface area (TPSA) is 21.4 Å². The second-order valence-corrected chi connectivity index (χ2v) is 4.94. The molecule has 1 spiro atoms. The highest BCUT2D eigenvalue weighted by Gasteiger charge is 2.64. The van der Waals surface area contributed by atoms with E-state index in [2.05, 4.69) is 13.8 Å². The SMILES string of the molecule is CC(=[OH+])C1CC12CCC(C)C2C. The van der Waals surface area contributed by atoms with Crippen molar-refractivity contribution >= 4 is 5.78 Å². The summed E-state index contributed by atoms with van der Waals surface area (Å²) in [5, 5.41) is 0. The lowest BCUT2D eigenvalue weighted by molar-refractivity contribution is 0.324. The molecule has 0 bridgehead atoms. The minimum atomic E-state index is 0.526. The van der Waals surface area contributed by atoms with Crippen LogP contribution in [0.15, 0.2) is 0 Å². The zero-order valence-corrected chi connectivity index (χ0v) is 8.30. The Morgan fingerprint density at radius 2 is 2.08 bits per heavy atom. The van der Waals surface area contributed by atoms with E-state index in [-0.39, 0.29) is 0 Å². The molecule has 0 aliphatic heterocycles. The maximum atomic E-state index is 9.44. The predicted octanol–water partition coefficient (Wildman–Crippen LogP) is 2.62. The molecule has 4 atom stereocenters. The average Bonchev–Trinajstić information content (AvgIpc) is 2.68. The standard InChI is InChI=1S/C11H18O/c1-7-4-5-11(8(7)2)6-10(11)9(3)12/h7-8,10H,4-6H2,1-3H3/p+1. The van der Waals surface area contributed by atoms with Gasteiger partial charge < -0.3 is 0 Å². The largest absolute Gasteiger partial charge is 0.293 e. The summed E-state index contributed by atoms with van der Waals surface area (Å²) in [6.45, 7) is 6.58. The lowest BCUT2D eigenvalue weighted by Crippen LogP contribution is -2.14. The van der Waals surface area contributed by atoms with E-state index in [1.54, 1.807) is 0 Å². The van der Waals surface area contributed by atoms with E-state index in [1.165, 1.54) is 19.3 Å². The van der Waals surface area contributed by atoms with Crippen molar-refractivity contribution < 1.29 is 4.79 Å². The van der Waals surface area contributed by atoms with Gasteiger partial charge in [-0.15, -0.1) is 0 Å². The third-order valence-electron chi connectivity index (χ3n) is 4.45. The molecule has 0 saturated heterocycles. The van der Waals surface area contributed by atoms with E-state index in [0.717, 1.165) is 11.8 Å². The van der Waals surface area contributed by atoms with Crippen molar-refractivity contribution in [1.82, 2.24) is 0 Å². The molecule has 0 radical (unpaired) electrons. The van der Waals surface area contributed by atoms with Crippen LogP contribution in [0.25, 0.3) is 0 Å². The van der Waals surface area contributed by atoms with Gasteiger partial charge >= 0.3 is 0 Å². The summed E-state index contributed by atoms with van der Waals surface area (Å²) in [6.07, 6.45) is 3.96. The molecule has 1 heteroatoms. The van der Waals surface area contributed by atoms with Crippen molar-refractivity contribution in [3.05, 3.63) is 0 Å². The second kappa shape index (κ2) is 2.34. The van der Waals surface area contributed by atoms with Crippen molar-refractivity contribution in [2.75, 3.05) is 0 Å². The van der Waals surface area contributed by atoms with Crippen LogP contribution in [0.5, 0.6) is 0 Å². The molecule has 0 aromatic carbocycles. The first-order valence-electron chi connectivity index (χ1n) is 5.10. The summed E-state index contributed by atoms with van der Waals surface area (Å²) in [7, 11) is 0. The van der Waals surface area contributed by atoms with Crippen molar-refractivity contribution in [3.63, 3.8) is 0 Å². The van der Waals surface area contributed by atoms with Gasteiger partial charge in [0, 0.05) is 6.92 Å². The third-order valence-corrected chi connectivity index (χ3v) is 4.45. The van der Waals surface area contributed by atoms with Crippen molar-refractivity contribution in [1.29, 1.82) is 0 Å². The minimum absolute atomic E-state index is 0.526. The Labute approximate surface area is 74.5 Å². The Bertz CT molecular complexity index is 221. The van der Waals surface area contributed by atoms with E-state index < -0.39 is 0 Å². The smallest absolute Gasteiger partial charge is 0.284 e. The van der Waals surface area contributed by atoms with Crippen LogP contribution in [-0.4, -0.2) is 10.6 Å². The maximum Gasteiger partial charge on any atom is 0.293 e. The molecule has 68 valence electrons. The maximum absolute atomic E-state index is 9.44. The first-order chi connectivity index (χ1) is 5.58. The zero-order chi connectivity index (χ0) is 8.93. The van der Waals surface area contributed by atoms with Crippen molar-refractivity contribution in [2.24, 2.45) is 23.2 Å². The molecule has 2 aliphatic carbocycles. The molecule has 2 fully saturated rings. The van der Waals surface area contributed by atoms with Crippen molar-refractivity contribution in [2.45, 2.75) is 40.0 Å². The van der Waals surface area contributed by atoms with Crippen LogP contribution >= 0.6 is 0 Å². The monoisotopic (exact) mass is 167 g/mol. The van der Waals surface area contributed by atoms with Gasteiger partial charge in [-0.25, -0.2) is 0 Å². The Hall–Kier alpha value is -0.330. The number of rotatable bonds is 1. The summed E-state index contributed by atoms with van der Waals surface area (Å²) in [5.74, 6) is 2.91. The fourth-order valence-corrected chi connectivity index (χ4v) is 3.21. The van der Waals surface area contributed by atoms with E-state index >= 15 is 0 Å². The normalized spacial score (nSPS) is 51.4. The molecule has 1 nitrogen and oxygen atoms in total. The summed E-state index contributed by atoms with van der Waals surface area (Å²) < 4.78 is 0. The lowest BCUT2D eigenvalue weighted by atomic mass is 9.87. The van der Waals surface area contributed by atoms with E-state index in [0.29, 0.717) is 17.1 Å². The number of ketones is 1. The lowest BCUT2D eigenvalue weighted by Gasteiger charge is -2.16. The molecule has 0 aromatic rings. The molecule has 0 heterocycles. The van der Waals surface area contributed by atoms with Crippen LogP contribution in [0.4, 0.5) is 0 Å². The Morgan fingerprint density at radius 3 is 2.42 bits per heavy atom. The Balaban J connectivity index is 2.12. The van der Waals surface area contributed by atoms with Crippen LogP contribution in [0.1, 0.15) is 40.0 Å². The van der Waals surface area contributed by atoms with Gasteiger partial charge in [0.05, 0.1) is 5.92 Å². The number of carbonyl (C=O) groups excluding carboxylic acids is 1. The highest BCUT2D eigenvalue weighted by molar-refractivity contribution is 5.83. The molecule has 2 rings (SSSR count). The molecule has 2 saturated carbocycles. The quantitative estimate of drug-likeness (QED) is 0.535. The van der Waals surface area contributed by atoms with Gasteiger partial charge in [0.25, 0.3) is 5.78 Å². The van der Waals surface area contributed by atoms with Gasteiger partial charge in [0.1, 0.15) is 0 Å². The highest BCUT2D eigenvalue weighted by atomic mass is 16.1. The summed E-state index contributed by atoms with van der Waals surface area (Å²) in [6, 6.07) is 0. The van der Waals surface area contributed by atoms with Gasteiger partial charge in [-0.05, 0) is 36.5 Å². The molecule has 12 heavy (non-hydrogen) atoms. The van der Waals surface area contributed by atoms with Gasteiger partial charge in [-0.3, -0.25) is 4.79 Å². The third kappa shape index (κ3) is 0.884. The Kier molecular flexibility index (Phi) is 1.61. The average molecular weight is 167 g/mol. The first kappa shape index (κ1) is 8.28. The summed E-state index contributed by atoms with van der Waals surface area (Å²) in [5.41, 5.74) is 0.526. The molecule has 0 aromatic heterocycles. The van der Waals surface area contributed by atoms with Crippen LogP contribution in [0, 0.1) is 23.2 Å². The van der Waals surface area contributed by atoms with Gasteiger partial charge in [-0.2, -0.15) is 0 Å². The molecule has 0 amide bonds. The fraction of sp³-hybridized carbons (Fsp3) is 0.909. The van der Waals surface area contributed by atoms with Crippen LogP contribution < -0.4 is 0 Å². The molecular weight excluding hydrogens is 148 g/mol. The number of hydrogen-bond donors (Lipinski definition) is 0. The van der Waals surface area contributed by atoms with E-state index in [4.69, 9.17) is 0 Å². The first-order valence-corrected chi connectivity index (χ1v) is 5.10. The van der Waals surface area contributed by atoms with E-state index in [9.17, 15) is 4.79 Å². The van der Waals surface area contributed by atoms with Gasteiger partial charge in [0.15, 0.2) is 0 Å². The van der Waals surface area contributed by atoms with E-state index in [1.807, 2.05) is 6.92 Å². The van der Waals surface area contributed by atoms with Crippen LogP contribution in [-0.2, 0) is 0 Å². The second-order valence-electron chi connectivity index (χ2n) is 4.94.